The molecule has 0 radical (unpaired) electrons. The zero-order chi connectivity index (χ0) is 11.0. The van der Waals surface area contributed by atoms with Crippen molar-refractivity contribution in [3.05, 3.63) is 48.5 Å². The van der Waals surface area contributed by atoms with Crippen LogP contribution in [0.1, 0.15) is 33.6 Å². The van der Waals surface area contributed by atoms with Crippen LogP contribution in [0.5, 0.6) is 0 Å². The molecule has 1 rings (SSSR count). The van der Waals surface area contributed by atoms with Gasteiger partial charge in [-0.15, -0.1) is 0 Å². The van der Waals surface area contributed by atoms with Crippen molar-refractivity contribution >= 4 is 0 Å². The van der Waals surface area contributed by atoms with Gasteiger partial charge in [0.25, 0.3) is 0 Å². The molecule has 1 heteroatoms. The zero-order valence-electron chi connectivity index (χ0n) is 9.47. The van der Waals surface area contributed by atoms with Crippen molar-refractivity contribution in [2.75, 3.05) is 0 Å². The SMILES string of the molecule is C=CC1=CCCC=C1OC(=C)C.CC. The van der Waals surface area contributed by atoms with Crippen LogP contribution in [-0.2, 0) is 4.74 Å². The predicted molar refractivity (Wildman–Crippen MR) is 62.8 cm³/mol. The smallest absolute Gasteiger partial charge is 0.129 e. The van der Waals surface area contributed by atoms with Crippen molar-refractivity contribution in [2.45, 2.75) is 33.6 Å². The molecule has 0 aliphatic heterocycles. The largest absolute Gasteiger partial charge is 0.462 e. The average Bonchev–Trinajstić information content (AvgIpc) is 2.21. The van der Waals surface area contributed by atoms with Gasteiger partial charge in [-0.05, 0) is 25.8 Å². The molecule has 0 N–H and O–H groups in total. The predicted octanol–water partition coefficient (Wildman–Crippen LogP) is 4.35. The van der Waals surface area contributed by atoms with Gasteiger partial charge in [-0.25, -0.2) is 0 Å². The Morgan fingerprint density at radius 1 is 1.36 bits per heavy atom. The van der Waals surface area contributed by atoms with Crippen LogP contribution >= 0.6 is 0 Å². The maximum Gasteiger partial charge on any atom is 0.129 e. The van der Waals surface area contributed by atoms with Gasteiger partial charge in [-0.2, -0.15) is 0 Å². The summed E-state index contributed by atoms with van der Waals surface area (Å²) in [7, 11) is 0. The minimum Gasteiger partial charge on any atom is -0.462 e. The van der Waals surface area contributed by atoms with Crippen molar-refractivity contribution in [3.8, 4) is 0 Å². The Morgan fingerprint density at radius 2 is 1.93 bits per heavy atom. The molecule has 1 nitrogen and oxygen atoms in total. The van der Waals surface area contributed by atoms with E-state index in [1.165, 1.54) is 0 Å². The molecule has 1 aliphatic carbocycles. The fourth-order valence-electron chi connectivity index (χ4n) is 1.14. The van der Waals surface area contributed by atoms with E-state index in [1.54, 1.807) is 0 Å². The molecule has 14 heavy (non-hydrogen) atoms. The van der Waals surface area contributed by atoms with E-state index in [1.807, 2.05) is 26.8 Å². The lowest BCUT2D eigenvalue weighted by Gasteiger charge is -2.13. The zero-order valence-corrected chi connectivity index (χ0v) is 9.47. The molecule has 0 saturated carbocycles. The molecule has 78 valence electrons. The van der Waals surface area contributed by atoms with Crippen molar-refractivity contribution in [1.82, 2.24) is 0 Å². The topological polar surface area (TPSA) is 9.23 Å². The van der Waals surface area contributed by atoms with Gasteiger partial charge in [-0.1, -0.05) is 39.2 Å². The molecule has 0 heterocycles. The Kier molecular flexibility index (Phi) is 6.55. The van der Waals surface area contributed by atoms with Gasteiger partial charge in [0.2, 0.25) is 0 Å². The lowest BCUT2D eigenvalue weighted by atomic mass is 10.1. The summed E-state index contributed by atoms with van der Waals surface area (Å²) in [5.41, 5.74) is 1.07. The van der Waals surface area contributed by atoms with Crippen LogP contribution < -0.4 is 0 Å². The Hall–Kier alpha value is -1.24. The molecule has 0 unspecified atom stereocenters. The molecule has 0 atom stereocenters. The fraction of sp³-hybridized carbons (Fsp3) is 0.385. The highest BCUT2D eigenvalue weighted by molar-refractivity contribution is 5.37. The van der Waals surface area contributed by atoms with E-state index in [0.717, 1.165) is 29.9 Å². The minimum absolute atomic E-state index is 0.718. The van der Waals surface area contributed by atoms with Crippen LogP contribution in [0.2, 0.25) is 0 Å². The highest BCUT2D eigenvalue weighted by Gasteiger charge is 2.06. The number of hydrogen-bond acceptors (Lipinski definition) is 1. The van der Waals surface area contributed by atoms with Gasteiger partial charge in [0.1, 0.15) is 5.76 Å². The van der Waals surface area contributed by atoms with Crippen molar-refractivity contribution in [3.63, 3.8) is 0 Å². The molecule has 0 aromatic carbocycles. The summed E-state index contributed by atoms with van der Waals surface area (Å²) < 4.78 is 5.42. The van der Waals surface area contributed by atoms with Gasteiger partial charge in [0.15, 0.2) is 0 Å². The maximum atomic E-state index is 5.42. The monoisotopic (exact) mass is 192 g/mol. The number of allylic oxidation sites excluding steroid dienone is 4. The molecule has 0 aromatic rings. The molecule has 1 aliphatic rings. The Balaban J connectivity index is 0.000000791. The molecular formula is C13H20O. The molecule has 0 saturated heterocycles. The van der Waals surface area contributed by atoms with Crippen LogP contribution in [0, 0.1) is 0 Å². The summed E-state index contributed by atoms with van der Waals surface area (Å²) in [6.07, 6.45) is 8.13. The number of ether oxygens (including phenoxy) is 1. The summed E-state index contributed by atoms with van der Waals surface area (Å²) >= 11 is 0. The molecule has 0 spiro atoms. The average molecular weight is 192 g/mol. The van der Waals surface area contributed by atoms with E-state index in [9.17, 15) is 0 Å². The van der Waals surface area contributed by atoms with Crippen LogP contribution in [0.3, 0.4) is 0 Å². The van der Waals surface area contributed by atoms with Gasteiger partial charge in [0, 0.05) is 5.57 Å². The molecule has 0 amide bonds. The van der Waals surface area contributed by atoms with E-state index in [4.69, 9.17) is 4.74 Å². The second kappa shape index (κ2) is 7.19. The quantitative estimate of drug-likeness (QED) is 0.604. The van der Waals surface area contributed by atoms with Crippen molar-refractivity contribution in [1.29, 1.82) is 0 Å². The van der Waals surface area contributed by atoms with Crippen LogP contribution in [-0.4, -0.2) is 0 Å². The first-order valence-corrected chi connectivity index (χ1v) is 5.10. The van der Waals surface area contributed by atoms with E-state index in [0.29, 0.717) is 0 Å². The van der Waals surface area contributed by atoms with E-state index in [2.05, 4.69) is 25.3 Å². The first-order valence-electron chi connectivity index (χ1n) is 5.10. The molecule has 0 fully saturated rings. The van der Waals surface area contributed by atoms with Gasteiger partial charge in [0.05, 0.1) is 5.76 Å². The first kappa shape index (κ1) is 12.8. The Labute approximate surface area is 87.5 Å². The maximum absolute atomic E-state index is 5.42. The fourth-order valence-corrected chi connectivity index (χ4v) is 1.14. The molecule has 0 aromatic heterocycles. The third kappa shape index (κ3) is 4.13. The summed E-state index contributed by atoms with van der Waals surface area (Å²) in [4.78, 5) is 0. The van der Waals surface area contributed by atoms with Crippen LogP contribution in [0.25, 0.3) is 0 Å². The highest BCUT2D eigenvalue weighted by atomic mass is 16.5. The third-order valence-electron chi connectivity index (χ3n) is 1.65. The van der Waals surface area contributed by atoms with E-state index >= 15 is 0 Å². The second-order valence-corrected chi connectivity index (χ2v) is 2.81. The lowest BCUT2D eigenvalue weighted by molar-refractivity contribution is 0.316. The lowest BCUT2D eigenvalue weighted by Crippen LogP contribution is -1.96. The van der Waals surface area contributed by atoms with E-state index < -0.39 is 0 Å². The standard InChI is InChI=1S/C11H14O.C2H6/c1-4-10-7-5-6-8-11(10)12-9(2)3;1-2/h4,7-8H,1-2,5-6H2,3H3;1-2H3. The minimum atomic E-state index is 0.718. The van der Waals surface area contributed by atoms with Crippen molar-refractivity contribution < 1.29 is 4.74 Å². The number of hydrogen-bond donors (Lipinski definition) is 0. The second-order valence-electron chi connectivity index (χ2n) is 2.81. The van der Waals surface area contributed by atoms with Gasteiger partial charge < -0.3 is 4.74 Å². The first-order chi connectivity index (χ1) is 6.74. The van der Waals surface area contributed by atoms with E-state index in [-0.39, 0.29) is 0 Å². The number of rotatable bonds is 3. The van der Waals surface area contributed by atoms with Crippen LogP contribution in [0.15, 0.2) is 48.5 Å². The van der Waals surface area contributed by atoms with Crippen molar-refractivity contribution in [2.24, 2.45) is 0 Å². The third-order valence-corrected chi connectivity index (χ3v) is 1.65. The summed E-state index contributed by atoms with van der Waals surface area (Å²) in [6.45, 7) is 13.3. The van der Waals surface area contributed by atoms with Crippen LogP contribution in [0.4, 0.5) is 0 Å². The Bertz CT molecular complexity index is 256. The summed E-state index contributed by atoms with van der Waals surface area (Å²) in [6, 6.07) is 0. The summed E-state index contributed by atoms with van der Waals surface area (Å²) in [5, 5.41) is 0. The highest BCUT2D eigenvalue weighted by Crippen LogP contribution is 2.22. The van der Waals surface area contributed by atoms with Gasteiger partial charge >= 0.3 is 0 Å². The Morgan fingerprint density at radius 3 is 2.43 bits per heavy atom. The van der Waals surface area contributed by atoms with Gasteiger partial charge in [-0.3, -0.25) is 0 Å². The molecule has 0 bridgehead atoms. The molecular weight excluding hydrogens is 172 g/mol. The summed E-state index contributed by atoms with van der Waals surface area (Å²) in [5.74, 6) is 1.61. The normalized spacial score (nSPS) is 14.2.